The van der Waals surface area contributed by atoms with E-state index in [-0.39, 0.29) is 0 Å². The molecule has 4 nitrogen and oxygen atoms in total. The summed E-state index contributed by atoms with van der Waals surface area (Å²) in [6.45, 7) is 0.836. The second kappa shape index (κ2) is 4.25. The van der Waals surface area contributed by atoms with Crippen molar-refractivity contribution in [3.05, 3.63) is 66.6 Å². The van der Waals surface area contributed by atoms with E-state index in [1.165, 1.54) is 5.56 Å². The summed E-state index contributed by atoms with van der Waals surface area (Å²) in [4.78, 5) is 0. The summed E-state index contributed by atoms with van der Waals surface area (Å²) in [6.07, 6.45) is 5.57. The normalized spacial score (nSPS) is 10.6. The predicted octanol–water partition coefficient (Wildman–Crippen LogP) is 2.12. The highest BCUT2D eigenvalue weighted by atomic mass is 15.4. The maximum atomic E-state index is 4.01. The Morgan fingerprint density at radius 3 is 2.59 bits per heavy atom. The Hall–Kier alpha value is -2.36. The van der Waals surface area contributed by atoms with Crippen LogP contribution in [0.25, 0.3) is 5.82 Å². The molecule has 0 radical (unpaired) electrons. The summed E-state index contributed by atoms with van der Waals surface area (Å²) in [5.41, 5.74) is 1.27. The highest BCUT2D eigenvalue weighted by Crippen LogP contribution is 2.10. The zero-order valence-electron chi connectivity index (χ0n) is 9.27. The van der Waals surface area contributed by atoms with E-state index in [9.17, 15) is 0 Å². The van der Waals surface area contributed by atoms with Gasteiger partial charge < -0.3 is 4.57 Å². The first-order chi connectivity index (χ1) is 8.43. The highest BCUT2D eigenvalue weighted by molar-refractivity contribution is 5.25. The van der Waals surface area contributed by atoms with E-state index in [0.717, 1.165) is 12.4 Å². The van der Waals surface area contributed by atoms with E-state index >= 15 is 0 Å². The van der Waals surface area contributed by atoms with Gasteiger partial charge in [-0.2, -0.15) is 0 Å². The number of aromatic nitrogens is 4. The monoisotopic (exact) mass is 224 g/mol. The first-order valence-corrected chi connectivity index (χ1v) is 5.49. The first-order valence-electron chi connectivity index (χ1n) is 5.49. The highest BCUT2D eigenvalue weighted by Gasteiger charge is 2.03. The molecule has 3 aromatic rings. The Morgan fingerprint density at radius 1 is 0.941 bits per heavy atom. The lowest BCUT2D eigenvalue weighted by molar-refractivity contribution is 0.701. The van der Waals surface area contributed by atoms with Crippen molar-refractivity contribution in [3.8, 4) is 5.82 Å². The molecule has 0 bridgehead atoms. The van der Waals surface area contributed by atoms with Gasteiger partial charge in [0.05, 0.1) is 12.4 Å². The van der Waals surface area contributed by atoms with E-state index in [1.54, 1.807) is 10.9 Å². The molecule has 84 valence electrons. The minimum Gasteiger partial charge on any atom is -0.329 e. The van der Waals surface area contributed by atoms with E-state index in [0.29, 0.717) is 0 Å². The summed E-state index contributed by atoms with van der Waals surface area (Å²) < 4.78 is 3.91. The van der Waals surface area contributed by atoms with Gasteiger partial charge in [-0.15, -0.1) is 5.10 Å². The zero-order valence-corrected chi connectivity index (χ0v) is 9.27. The summed E-state index contributed by atoms with van der Waals surface area (Å²) in [7, 11) is 0. The molecule has 2 heterocycles. The minimum absolute atomic E-state index is 0.836. The Morgan fingerprint density at radius 2 is 1.82 bits per heavy atom. The fourth-order valence-corrected chi connectivity index (χ4v) is 1.86. The number of hydrogen-bond acceptors (Lipinski definition) is 2. The summed E-state index contributed by atoms with van der Waals surface area (Å²) in [5.74, 6) is 1.02. The van der Waals surface area contributed by atoms with Crippen LogP contribution in [0.2, 0.25) is 0 Å². The fourth-order valence-electron chi connectivity index (χ4n) is 1.86. The minimum atomic E-state index is 0.836. The Kier molecular flexibility index (Phi) is 2.46. The van der Waals surface area contributed by atoms with Gasteiger partial charge in [0.1, 0.15) is 5.82 Å². The van der Waals surface area contributed by atoms with Crippen LogP contribution in [0.15, 0.2) is 61.1 Å². The second-order valence-electron chi connectivity index (χ2n) is 3.83. The van der Waals surface area contributed by atoms with E-state index in [1.807, 2.05) is 42.7 Å². The molecule has 0 aliphatic carbocycles. The van der Waals surface area contributed by atoms with Crippen LogP contribution in [-0.2, 0) is 6.54 Å². The van der Waals surface area contributed by atoms with Gasteiger partial charge >= 0.3 is 0 Å². The lowest BCUT2D eigenvalue weighted by Crippen LogP contribution is -2.06. The van der Waals surface area contributed by atoms with Gasteiger partial charge in [-0.3, -0.25) is 0 Å². The summed E-state index contributed by atoms with van der Waals surface area (Å²) in [5, 5.41) is 7.83. The Labute approximate surface area is 99.1 Å². The molecule has 0 spiro atoms. The molecular formula is C13H12N4. The van der Waals surface area contributed by atoms with Crippen molar-refractivity contribution in [3.63, 3.8) is 0 Å². The van der Waals surface area contributed by atoms with Gasteiger partial charge in [0.15, 0.2) is 0 Å². The molecule has 0 aliphatic rings. The molecule has 2 aromatic heterocycles. The topological polar surface area (TPSA) is 35.6 Å². The van der Waals surface area contributed by atoms with Gasteiger partial charge in [0.2, 0.25) is 0 Å². The van der Waals surface area contributed by atoms with Crippen LogP contribution < -0.4 is 0 Å². The number of hydrogen-bond donors (Lipinski definition) is 0. The van der Waals surface area contributed by atoms with Crippen molar-refractivity contribution in [2.24, 2.45) is 0 Å². The van der Waals surface area contributed by atoms with Crippen LogP contribution in [0, 0.1) is 0 Å². The molecule has 0 saturated carbocycles. The molecule has 0 amide bonds. The first kappa shape index (κ1) is 9.84. The lowest BCUT2D eigenvalue weighted by Gasteiger charge is -2.08. The van der Waals surface area contributed by atoms with Crippen molar-refractivity contribution in [2.45, 2.75) is 6.54 Å². The van der Waals surface area contributed by atoms with Gasteiger partial charge in [-0.25, -0.2) is 4.68 Å². The predicted molar refractivity (Wildman–Crippen MR) is 64.9 cm³/mol. The maximum absolute atomic E-state index is 4.01. The quantitative estimate of drug-likeness (QED) is 0.683. The largest absolute Gasteiger partial charge is 0.329 e. The van der Waals surface area contributed by atoms with Crippen LogP contribution in [0.1, 0.15) is 5.56 Å². The van der Waals surface area contributed by atoms with Crippen molar-refractivity contribution in [1.29, 1.82) is 0 Å². The standard InChI is InChI=1S/C13H12N4/c1-2-5-12(6-3-1)11-16-9-4-7-13(16)17-10-8-14-15-17/h1-10H,11H2. The molecule has 0 fully saturated rings. The van der Waals surface area contributed by atoms with Crippen molar-refractivity contribution >= 4 is 0 Å². The summed E-state index contributed by atoms with van der Waals surface area (Å²) in [6, 6.07) is 14.4. The molecular weight excluding hydrogens is 212 g/mol. The molecule has 0 saturated heterocycles. The molecule has 1 aromatic carbocycles. The lowest BCUT2D eigenvalue weighted by atomic mass is 10.2. The average molecular weight is 224 g/mol. The molecule has 0 N–H and O–H groups in total. The third-order valence-electron chi connectivity index (χ3n) is 2.66. The van der Waals surface area contributed by atoms with Crippen LogP contribution in [0.4, 0.5) is 0 Å². The third-order valence-corrected chi connectivity index (χ3v) is 2.66. The van der Waals surface area contributed by atoms with Crippen molar-refractivity contribution in [1.82, 2.24) is 19.6 Å². The SMILES string of the molecule is c1ccc(Cn2cccc2-n2ccnn2)cc1. The maximum Gasteiger partial charge on any atom is 0.136 e. The number of rotatable bonds is 3. The molecule has 17 heavy (non-hydrogen) atoms. The summed E-state index contributed by atoms with van der Waals surface area (Å²) >= 11 is 0. The molecule has 0 unspecified atom stereocenters. The molecule has 4 heteroatoms. The van der Waals surface area contributed by atoms with Gasteiger partial charge in [-0.1, -0.05) is 35.5 Å². The number of nitrogens with zero attached hydrogens (tertiary/aromatic N) is 4. The van der Waals surface area contributed by atoms with Crippen molar-refractivity contribution in [2.75, 3.05) is 0 Å². The van der Waals surface area contributed by atoms with Crippen LogP contribution in [0.3, 0.4) is 0 Å². The van der Waals surface area contributed by atoms with E-state index < -0.39 is 0 Å². The van der Waals surface area contributed by atoms with Gasteiger partial charge in [-0.05, 0) is 17.7 Å². The van der Waals surface area contributed by atoms with Gasteiger partial charge in [0.25, 0.3) is 0 Å². The van der Waals surface area contributed by atoms with Gasteiger partial charge in [0, 0.05) is 12.7 Å². The fraction of sp³-hybridized carbons (Fsp3) is 0.0769. The van der Waals surface area contributed by atoms with Crippen LogP contribution >= 0.6 is 0 Å². The van der Waals surface area contributed by atoms with E-state index in [4.69, 9.17) is 0 Å². The smallest absolute Gasteiger partial charge is 0.136 e. The molecule has 3 rings (SSSR count). The van der Waals surface area contributed by atoms with Crippen LogP contribution in [0.5, 0.6) is 0 Å². The van der Waals surface area contributed by atoms with Crippen LogP contribution in [-0.4, -0.2) is 19.6 Å². The van der Waals surface area contributed by atoms with Crippen molar-refractivity contribution < 1.29 is 0 Å². The third kappa shape index (κ3) is 1.97. The average Bonchev–Trinajstić information content (AvgIpc) is 3.00. The Bertz CT molecular complexity index is 581. The zero-order chi connectivity index (χ0) is 11.5. The second-order valence-corrected chi connectivity index (χ2v) is 3.83. The van der Waals surface area contributed by atoms with E-state index in [2.05, 4.69) is 27.0 Å². The Balaban J connectivity index is 1.92. The molecule has 0 atom stereocenters. The number of benzene rings is 1. The molecule has 0 aliphatic heterocycles.